The van der Waals surface area contributed by atoms with Crippen LogP contribution in [0.4, 0.5) is 5.69 Å². The van der Waals surface area contributed by atoms with E-state index in [0.717, 1.165) is 4.88 Å². The molecule has 0 aliphatic rings. The number of thiophene rings is 1. The number of anilines is 1. The summed E-state index contributed by atoms with van der Waals surface area (Å²) in [6.45, 7) is 5.21. The predicted octanol–water partition coefficient (Wildman–Crippen LogP) is 4.01. The quantitative estimate of drug-likeness (QED) is 0.558. The Morgan fingerprint density at radius 3 is 2.54 bits per heavy atom. The maximum atomic E-state index is 12.3. The number of benzene rings is 1. The van der Waals surface area contributed by atoms with Gasteiger partial charge in [-0.15, -0.1) is 21.5 Å². The summed E-state index contributed by atoms with van der Waals surface area (Å²) in [6.07, 6.45) is 0. The largest absolute Gasteiger partial charge is 0.410 e. The number of thioether (sulfide) groups is 1. The lowest BCUT2D eigenvalue weighted by Gasteiger charge is -2.18. The maximum absolute atomic E-state index is 12.3. The summed E-state index contributed by atoms with van der Waals surface area (Å²) in [7, 11) is 0. The first-order chi connectivity index (χ1) is 13.6. The lowest BCUT2D eigenvalue weighted by molar-refractivity contribution is -0.113. The first kappa shape index (κ1) is 20.1. The van der Waals surface area contributed by atoms with Crippen LogP contribution in [0.1, 0.15) is 24.2 Å². The molecular weight excluding hydrogens is 396 g/mol. The zero-order valence-corrected chi connectivity index (χ0v) is 17.2. The van der Waals surface area contributed by atoms with Crippen LogP contribution in [-0.2, 0) is 4.79 Å². The first-order valence-electron chi connectivity index (χ1n) is 8.80. The fourth-order valence-electron chi connectivity index (χ4n) is 2.48. The van der Waals surface area contributed by atoms with Crippen molar-refractivity contribution in [1.82, 2.24) is 15.1 Å². The van der Waals surface area contributed by atoms with Crippen LogP contribution in [0.3, 0.4) is 0 Å². The van der Waals surface area contributed by atoms with Crippen molar-refractivity contribution in [3.05, 3.63) is 47.3 Å². The molecule has 0 unspecified atom stereocenters. The van der Waals surface area contributed by atoms with E-state index in [1.807, 2.05) is 31.4 Å². The Hall–Kier alpha value is -2.65. The number of carbonyl (C=O) groups is 2. The average Bonchev–Trinajstić information content (AvgIpc) is 3.39. The normalized spacial score (nSPS) is 10.6. The van der Waals surface area contributed by atoms with Crippen molar-refractivity contribution in [2.75, 3.05) is 24.2 Å². The van der Waals surface area contributed by atoms with Gasteiger partial charge in [0.15, 0.2) is 0 Å². The van der Waals surface area contributed by atoms with Gasteiger partial charge in [0.05, 0.1) is 10.6 Å². The Balaban J connectivity index is 1.51. The zero-order chi connectivity index (χ0) is 19.9. The van der Waals surface area contributed by atoms with Gasteiger partial charge in [-0.2, -0.15) is 0 Å². The minimum absolute atomic E-state index is 0.0172. The molecule has 146 valence electrons. The monoisotopic (exact) mass is 416 g/mol. The van der Waals surface area contributed by atoms with E-state index in [1.165, 1.54) is 23.1 Å². The summed E-state index contributed by atoms with van der Waals surface area (Å²) in [4.78, 5) is 27.1. The summed E-state index contributed by atoms with van der Waals surface area (Å²) in [6, 6.07) is 10.7. The second-order valence-electron chi connectivity index (χ2n) is 5.74. The van der Waals surface area contributed by atoms with Gasteiger partial charge in [-0.1, -0.05) is 17.8 Å². The summed E-state index contributed by atoms with van der Waals surface area (Å²) in [5, 5.41) is 13.0. The van der Waals surface area contributed by atoms with Gasteiger partial charge in [0.1, 0.15) is 0 Å². The Morgan fingerprint density at radius 2 is 1.89 bits per heavy atom. The van der Waals surface area contributed by atoms with E-state index in [4.69, 9.17) is 4.42 Å². The van der Waals surface area contributed by atoms with Crippen LogP contribution in [0.2, 0.25) is 0 Å². The highest BCUT2D eigenvalue weighted by Gasteiger charge is 2.14. The fraction of sp³-hybridized carbons (Fsp3) is 0.263. The molecule has 0 aliphatic carbocycles. The molecule has 0 saturated carbocycles. The zero-order valence-electron chi connectivity index (χ0n) is 15.5. The summed E-state index contributed by atoms with van der Waals surface area (Å²) >= 11 is 2.69. The highest BCUT2D eigenvalue weighted by molar-refractivity contribution is 7.99. The number of hydrogen-bond acceptors (Lipinski definition) is 7. The molecule has 0 aliphatic heterocycles. The smallest absolute Gasteiger partial charge is 0.277 e. The Labute approximate surface area is 171 Å². The van der Waals surface area contributed by atoms with Gasteiger partial charge < -0.3 is 14.6 Å². The number of hydrogen-bond donors (Lipinski definition) is 1. The van der Waals surface area contributed by atoms with Gasteiger partial charge in [-0.3, -0.25) is 9.59 Å². The lowest BCUT2D eigenvalue weighted by Crippen LogP contribution is -2.30. The average molecular weight is 417 g/mol. The maximum Gasteiger partial charge on any atom is 0.277 e. The van der Waals surface area contributed by atoms with Crippen molar-refractivity contribution in [2.24, 2.45) is 0 Å². The molecule has 0 fully saturated rings. The van der Waals surface area contributed by atoms with E-state index >= 15 is 0 Å². The minimum Gasteiger partial charge on any atom is -0.410 e. The molecule has 0 spiro atoms. The number of carbonyl (C=O) groups excluding carboxylic acids is 2. The molecule has 3 rings (SSSR count). The first-order valence-corrected chi connectivity index (χ1v) is 10.7. The van der Waals surface area contributed by atoms with E-state index in [0.29, 0.717) is 35.5 Å². The number of aromatic nitrogens is 2. The second-order valence-corrected chi connectivity index (χ2v) is 7.62. The van der Waals surface area contributed by atoms with Gasteiger partial charge >= 0.3 is 0 Å². The molecule has 28 heavy (non-hydrogen) atoms. The van der Waals surface area contributed by atoms with Crippen LogP contribution in [0, 0.1) is 0 Å². The van der Waals surface area contributed by atoms with Gasteiger partial charge in [0.25, 0.3) is 17.0 Å². The predicted molar refractivity (Wildman–Crippen MR) is 111 cm³/mol. The fourth-order valence-corrected chi connectivity index (χ4v) is 3.69. The van der Waals surface area contributed by atoms with E-state index < -0.39 is 0 Å². The molecule has 7 nitrogen and oxygen atoms in total. The SMILES string of the molecule is CCN(CC)C(=O)c1ccc(NC(=O)CSc2nnc(-c3cccs3)o2)cc1. The number of nitrogens with one attached hydrogen (secondary N) is 1. The van der Waals surface area contributed by atoms with Gasteiger partial charge in [-0.05, 0) is 49.6 Å². The van der Waals surface area contributed by atoms with E-state index in [9.17, 15) is 9.59 Å². The molecule has 0 atom stereocenters. The van der Waals surface area contributed by atoms with Crippen LogP contribution in [0.25, 0.3) is 10.8 Å². The van der Waals surface area contributed by atoms with Crippen molar-refractivity contribution in [1.29, 1.82) is 0 Å². The van der Waals surface area contributed by atoms with Crippen LogP contribution < -0.4 is 5.32 Å². The number of rotatable bonds is 8. The molecule has 3 aromatic rings. The highest BCUT2D eigenvalue weighted by atomic mass is 32.2. The van der Waals surface area contributed by atoms with Crippen molar-refractivity contribution >= 4 is 40.6 Å². The molecule has 2 amide bonds. The van der Waals surface area contributed by atoms with Crippen LogP contribution in [0.15, 0.2) is 51.4 Å². The minimum atomic E-state index is -0.191. The Kier molecular flexibility index (Phi) is 6.83. The van der Waals surface area contributed by atoms with Crippen molar-refractivity contribution in [3.63, 3.8) is 0 Å². The molecule has 9 heteroatoms. The van der Waals surface area contributed by atoms with Gasteiger partial charge in [0, 0.05) is 24.3 Å². The molecular formula is C19H20N4O3S2. The van der Waals surface area contributed by atoms with E-state index in [2.05, 4.69) is 15.5 Å². The standard InChI is InChI=1S/C19H20N4O3S2/c1-3-23(4-2)18(25)13-7-9-14(10-8-13)20-16(24)12-28-19-22-21-17(26-19)15-6-5-11-27-15/h5-11H,3-4,12H2,1-2H3,(H,20,24). The lowest BCUT2D eigenvalue weighted by atomic mass is 10.2. The molecule has 0 bridgehead atoms. The molecule has 2 aromatic heterocycles. The second kappa shape index (κ2) is 9.52. The third kappa shape index (κ3) is 4.99. The van der Waals surface area contributed by atoms with E-state index in [-0.39, 0.29) is 17.6 Å². The molecule has 1 N–H and O–H groups in total. The van der Waals surface area contributed by atoms with Crippen molar-refractivity contribution in [2.45, 2.75) is 19.1 Å². The van der Waals surface area contributed by atoms with Crippen molar-refractivity contribution in [3.8, 4) is 10.8 Å². The van der Waals surface area contributed by atoms with Crippen LogP contribution in [-0.4, -0.2) is 45.8 Å². The summed E-state index contributed by atoms with van der Waals surface area (Å²) in [5.74, 6) is 0.387. The Morgan fingerprint density at radius 1 is 1.14 bits per heavy atom. The summed E-state index contributed by atoms with van der Waals surface area (Å²) < 4.78 is 5.54. The van der Waals surface area contributed by atoms with Gasteiger partial charge in [0.2, 0.25) is 5.91 Å². The highest BCUT2D eigenvalue weighted by Crippen LogP contribution is 2.26. The molecule has 1 aromatic carbocycles. The molecule has 2 heterocycles. The molecule has 0 saturated heterocycles. The third-order valence-corrected chi connectivity index (χ3v) is 5.61. The van der Waals surface area contributed by atoms with E-state index in [1.54, 1.807) is 29.2 Å². The molecule has 0 radical (unpaired) electrons. The number of nitrogens with zero attached hydrogens (tertiary/aromatic N) is 3. The summed E-state index contributed by atoms with van der Waals surface area (Å²) in [5.41, 5.74) is 1.23. The Bertz CT molecular complexity index is 919. The third-order valence-electron chi connectivity index (χ3n) is 3.93. The van der Waals surface area contributed by atoms with Crippen LogP contribution in [0.5, 0.6) is 0 Å². The van der Waals surface area contributed by atoms with Crippen LogP contribution >= 0.6 is 23.1 Å². The number of amides is 2. The topological polar surface area (TPSA) is 88.3 Å². The van der Waals surface area contributed by atoms with Gasteiger partial charge in [-0.25, -0.2) is 0 Å². The van der Waals surface area contributed by atoms with Crippen molar-refractivity contribution < 1.29 is 14.0 Å².